The van der Waals surface area contributed by atoms with E-state index in [9.17, 15) is 4.79 Å². The third kappa shape index (κ3) is 6.53. The molecule has 2 aromatic heterocycles. The van der Waals surface area contributed by atoms with Crippen LogP contribution in [-0.2, 0) is 11.3 Å². The normalized spacial score (nSPS) is 13.2. The summed E-state index contributed by atoms with van der Waals surface area (Å²) in [6, 6.07) is 10.0. The van der Waals surface area contributed by atoms with Crippen LogP contribution in [0.3, 0.4) is 0 Å². The molecule has 3 aromatic rings. The van der Waals surface area contributed by atoms with Gasteiger partial charge in [-0.15, -0.1) is 0 Å². The summed E-state index contributed by atoms with van der Waals surface area (Å²) in [5.41, 5.74) is 5.39. The number of allylic oxidation sites excluding steroid dienone is 4. The van der Waals surface area contributed by atoms with Gasteiger partial charge in [0.2, 0.25) is 0 Å². The first-order valence-electron chi connectivity index (χ1n) is 10.6. The van der Waals surface area contributed by atoms with Crippen molar-refractivity contribution in [2.75, 3.05) is 11.9 Å². The summed E-state index contributed by atoms with van der Waals surface area (Å²) >= 11 is 11.8. The van der Waals surface area contributed by atoms with E-state index in [2.05, 4.69) is 26.3 Å². The van der Waals surface area contributed by atoms with Gasteiger partial charge in [0, 0.05) is 41.6 Å². The molecule has 0 unspecified atom stereocenters. The van der Waals surface area contributed by atoms with Crippen molar-refractivity contribution in [2.24, 2.45) is 0 Å². The molecule has 6 nitrogen and oxygen atoms in total. The minimum absolute atomic E-state index is 0.425. The molecule has 0 spiro atoms. The minimum atomic E-state index is -0.533. The van der Waals surface area contributed by atoms with Gasteiger partial charge < -0.3 is 19.9 Å². The number of rotatable bonds is 7. The number of halogens is 2. The molecular weight excluding hydrogens is 459 g/mol. The van der Waals surface area contributed by atoms with Crippen LogP contribution in [0.25, 0.3) is 21.9 Å². The van der Waals surface area contributed by atoms with Gasteiger partial charge in [-0.25, -0.2) is 4.79 Å². The summed E-state index contributed by atoms with van der Waals surface area (Å²) in [5, 5.41) is 7.63. The molecule has 0 aliphatic rings. The van der Waals surface area contributed by atoms with Crippen molar-refractivity contribution >= 4 is 56.9 Å². The molecule has 0 fully saturated rings. The zero-order valence-electron chi connectivity index (χ0n) is 19.2. The Bertz CT molecular complexity index is 1240. The molecule has 0 aliphatic heterocycles. The highest BCUT2D eigenvalue weighted by Gasteiger charge is 2.16. The van der Waals surface area contributed by atoms with Gasteiger partial charge in [0.1, 0.15) is 5.60 Å². The molecule has 0 aliphatic carbocycles. The zero-order valence-corrected chi connectivity index (χ0v) is 20.7. The molecule has 33 heavy (non-hydrogen) atoms. The average molecular weight is 487 g/mol. The number of amides is 1. The summed E-state index contributed by atoms with van der Waals surface area (Å²) in [6.07, 6.45) is 6.93. The number of benzene rings is 1. The van der Waals surface area contributed by atoms with Crippen molar-refractivity contribution < 1.29 is 9.53 Å². The van der Waals surface area contributed by atoms with E-state index in [1.165, 1.54) is 5.54 Å². The van der Waals surface area contributed by atoms with Crippen LogP contribution in [0.1, 0.15) is 27.7 Å². The highest BCUT2D eigenvalue weighted by molar-refractivity contribution is 6.37. The maximum absolute atomic E-state index is 12.0. The first-order valence-corrected chi connectivity index (χ1v) is 11.4. The van der Waals surface area contributed by atoms with E-state index < -0.39 is 11.7 Å². The maximum Gasteiger partial charge on any atom is 0.407 e. The van der Waals surface area contributed by atoms with Crippen LogP contribution in [0.5, 0.6) is 0 Å². The Morgan fingerprint density at radius 2 is 2.03 bits per heavy atom. The Kier molecular flexibility index (Phi) is 8.06. The first kappa shape index (κ1) is 24.7. The summed E-state index contributed by atoms with van der Waals surface area (Å²) in [5.74, 6) is 0. The van der Waals surface area contributed by atoms with Gasteiger partial charge in [0.25, 0.3) is 0 Å². The fourth-order valence-corrected chi connectivity index (χ4v) is 3.65. The van der Waals surface area contributed by atoms with E-state index >= 15 is 0 Å². The number of hydrogen-bond donors (Lipinski definition) is 2. The molecular formula is C25H28Cl2N4O2. The smallest absolute Gasteiger partial charge is 0.407 e. The summed E-state index contributed by atoms with van der Waals surface area (Å²) in [7, 11) is 0. The number of alkyl carbamates (subject to hydrolysis) is 1. The van der Waals surface area contributed by atoms with Gasteiger partial charge in [0.15, 0.2) is 0 Å². The van der Waals surface area contributed by atoms with Crippen molar-refractivity contribution in [1.82, 2.24) is 14.9 Å². The minimum Gasteiger partial charge on any atom is -0.444 e. The summed E-state index contributed by atoms with van der Waals surface area (Å²) in [6.45, 7) is 8.46. The van der Waals surface area contributed by atoms with Gasteiger partial charge >= 0.3 is 6.09 Å². The molecule has 2 heterocycles. The van der Waals surface area contributed by atoms with Crippen molar-refractivity contribution in [1.29, 1.82) is 0 Å². The molecule has 3 rings (SSSR count). The number of pyridine rings is 1. The van der Waals surface area contributed by atoms with Crippen LogP contribution in [0.4, 0.5) is 10.5 Å². The predicted molar refractivity (Wildman–Crippen MR) is 138 cm³/mol. The second-order valence-electron chi connectivity index (χ2n) is 8.40. The van der Waals surface area contributed by atoms with Crippen molar-refractivity contribution in [3.63, 3.8) is 0 Å². The Hall–Kier alpha value is -2.96. The molecule has 174 valence electrons. The number of fused-ring (bicyclic) bond motifs is 3. The Morgan fingerprint density at radius 1 is 1.24 bits per heavy atom. The zero-order chi connectivity index (χ0) is 24.0. The third-order valence-corrected chi connectivity index (χ3v) is 5.22. The van der Waals surface area contributed by atoms with Crippen LogP contribution < -0.4 is 10.6 Å². The van der Waals surface area contributed by atoms with Crippen molar-refractivity contribution in [2.45, 2.75) is 39.8 Å². The van der Waals surface area contributed by atoms with Crippen LogP contribution in [0.15, 0.2) is 71.0 Å². The standard InChI is InChI=1S/C25H28Cl2N4O2/c1-5-7-18(14-17(27)16-26)30-19-9-10-21-20(15-19)23-22(8-6-11-28-23)31(21)13-12-29-24(32)33-25(2,3)4/h5-11,14-16,30H,12-13H2,1-4H3,(H,29,32)/b7-5-,17-16-,18-14+. The van der Waals surface area contributed by atoms with Gasteiger partial charge in [-0.3, -0.25) is 4.98 Å². The molecule has 2 N–H and O–H groups in total. The van der Waals surface area contributed by atoms with Gasteiger partial charge in [-0.05, 0) is 70.2 Å². The van der Waals surface area contributed by atoms with Crippen LogP contribution in [0, 0.1) is 0 Å². The molecule has 0 bridgehead atoms. The largest absolute Gasteiger partial charge is 0.444 e. The molecule has 0 atom stereocenters. The fourth-order valence-electron chi connectivity index (χ4n) is 3.47. The first-order chi connectivity index (χ1) is 15.7. The molecule has 0 saturated carbocycles. The Morgan fingerprint density at radius 3 is 2.73 bits per heavy atom. The second kappa shape index (κ2) is 10.8. The lowest BCUT2D eigenvalue weighted by molar-refractivity contribution is 0.0526. The van der Waals surface area contributed by atoms with E-state index in [1.807, 2.05) is 64.1 Å². The summed E-state index contributed by atoms with van der Waals surface area (Å²) < 4.78 is 7.48. The highest BCUT2D eigenvalue weighted by Crippen LogP contribution is 2.30. The quantitative estimate of drug-likeness (QED) is 0.356. The average Bonchev–Trinajstić information content (AvgIpc) is 3.06. The number of hydrogen-bond acceptors (Lipinski definition) is 4. The lowest BCUT2D eigenvalue weighted by Crippen LogP contribution is -2.34. The molecule has 1 amide bonds. The van der Waals surface area contributed by atoms with E-state index in [-0.39, 0.29) is 0 Å². The Labute approximate surface area is 203 Å². The van der Waals surface area contributed by atoms with Crippen molar-refractivity contribution in [3.8, 4) is 0 Å². The van der Waals surface area contributed by atoms with Crippen LogP contribution >= 0.6 is 23.2 Å². The number of aromatic nitrogens is 2. The van der Waals surface area contributed by atoms with Gasteiger partial charge in [0.05, 0.1) is 21.6 Å². The molecule has 0 radical (unpaired) electrons. The van der Waals surface area contributed by atoms with Gasteiger partial charge in [-0.2, -0.15) is 0 Å². The van der Waals surface area contributed by atoms with Crippen LogP contribution in [0.2, 0.25) is 0 Å². The summed E-state index contributed by atoms with van der Waals surface area (Å²) in [4.78, 5) is 16.6. The second-order valence-corrected chi connectivity index (χ2v) is 9.06. The highest BCUT2D eigenvalue weighted by atomic mass is 35.5. The number of ether oxygens (including phenoxy) is 1. The maximum atomic E-state index is 12.0. The lowest BCUT2D eigenvalue weighted by Gasteiger charge is -2.19. The number of carbonyl (C=O) groups excluding carboxylic acids is 1. The van der Waals surface area contributed by atoms with E-state index in [0.29, 0.717) is 18.1 Å². The number of anilines is 1. The lowest BCUT2D eigenvalue weighted by atomic mass is 10.2. The fraction of sp³-hybridized carbons (Fsp3) is 0.280. The van der Waals surface area contributed by atoms with Crippen LogP contribution in [-0.4, -0.2) is 27.8 Å². The SMILES string of the molecule is C\C=C/C(=C\C(Cl)=C\Cl)Nc1ccc2c(c1)c1ncccc1n2CCNC(=O)OC(C)(C)C. The van der Waals surface area contributed by atoms with E-state index in [0.717, 1.165) is 33.3 Å². The third-order valence-electron chi connectivity index (χ3n) is 4.66. The number of nitrogens with zero attached hydrogens (tertiary/aromatic N) is 2. The monoisotopic (exact) mass is 486 g/mol. The van der Waals surface area contributed by atoms with E-state index in [4.69, 9.17) is 27.9 Å². The molecule has 0 saturated heterocycles. The van der Waals surface area contributed by atoms with E-state index in [1.54, 1.807) is 12.3 Å². The topological polar surface area (TPSA) is 68.2 Å². The Balaban J connectivity index is 1.90. The number of carbonyl (C=O) groups is 1. The van der Waals surface area contributed by atoms with Gasteiger partial charge in [-0.1, -0.05) is 29.3 Å². The van der Waals surface area contributed by atoms with Crippen molar-refractivity contribution in [3.05, 3.63) is 71.0 Å². The number of nitrogens with one attached hydrogen (secondary N) is 2. The molecule has 1 aromatic carbocycles. The molecule has 8 heteroatoms. The predicted octanol–water partition coefficient (Wildman–Crippen LogP) is 6.91.